The van der Waals surface area contributed by atoms with Gasteiger partial charge in [0.15, 0.2) is 0 Å². The van der Waals surface area contributed by atoms with E-state index in [2.05, 4.69) is 53.6 Å². The van der Waals surface area contributed by atoms with E-state index in [1.54, 1.807) is 0 Å². The summed E-state index contributed by atoms with van der Waals surface area (Å²) in [6, 6.07) is 12.6. The molecule has 2 aromatic rings. The average molecular weight is 212 g/mol. The number of rotatable bonds is 3. The standard InChI is InChI=1S/C14H16N2/c1-3-11-6-4-5-7-13(11)12-8-9-16-14(10-12)15-2/h4-10H,3H2,1-2H3,(H,15,16). The maximum atomic E-state index is 4.23. The van der Waals surface area contributed by atoms with Crippen molar-refractivity contribution in [2.45, 2.75) is 13.3 Å². The van der Waals surface area contributed by atoms with E-state index in [0.717, 1.165) is 12.2 Å². The Kier molecular flexibility index (Phi) is 3.20. The average Bonchev–Trinajstić information content (AvgIpc) is 2.38. The predicted octanol–water partition coefficient (Wildman–Crippen LogP) is 3.35. The molecule has 0 aliphatic rings. The van der Waals surface area contributed by atoms with Gasteiger partial charge < -0.3 is 5.32 Å². The molecule has 0 unspecified atom stereocenters. The SMILES string of the molecule is CCc1ccccc1-c1ccnc(NC)c1. The van der Waals surface area contributed by atoms with Gasteiger partial charge in [0.25, 0.3) is 0 Å². The van der Waals surface area contributed by atoms with Gasteiger partial charge in [0.1, 0.15) is 5.82 Å². The van der Waals surface area contributed by atoms with Crippen molar-refractivity contribution in [2.24, 2.45) is 0 Å². The molecule has 1 heterocycles. The van der Waals surface area contributed by atoms with Crippen LogP contribution in [0.2, 0.25) is 0 Å². The van der Waals surface area contributed by atoms with Crippen LogP contribution in [-0.4, -0.2) is 12.0 Å². The molecule has 0 saturated carbocycles. The van der Waals surface area contributed by atoms with Crippen LogP contribution in [-0.2, 0) is 6.42 Å². The van der Waals surface area contributed by atoms with Gasteiger partial charge in [0.05, 0.1) is 0 Å². The fraction of sp³-hybridized carbons (Fsp3) is 0.214. The lowest BCUT2D eigenvalue weighted by molar-refractivity contribution is 1.14. The highest BCUT2D eigenvalue weighted by molar-refractivity contribution is 5.69. The summed E-state index contributed by atoms with van der Waals surface area (Å²) in [4.78, 5) is 4.23. The van der Waals surface area contributed by atoms with Crippen molar-refractivity contribution in [1.29, 1.82) is 0 Å². The Morgan fingerprint density at radius 2 is 2.00 bits per heavy atom. The molecule has 82 valence electrons. The van der Waals surface area contributed by atoms with Gasteiger partial charge >= 0.3 is 0 Å². The number of nitrogens with zero attached hydrogens (tertiary/aromatic N) is 1. The molecule has 0 atom stereocenters. The van der Waals surface area contributed by atoms with E-state index in [9.17, 15) is 0 Å². The van der Waals surface area contributed by atoms with E-state index < -0.39 is 0 Å². The van der Waals surface area contributed by atoms with Crippen molar-refractivity contribution in [1.82, 2.24) is 4.98 Å². The lowest BCUT2D eigenvalue weighted by Crippen LogP contribution is -1.93. The third-order valence-corrected chi connectivity index (χ3v) is 2.73. The Labute approximate surface area is 96.4 Å². The van der Waals surface area contributed by atoms with Gasteiger partial charge in [0, 0.05) is 13.2 Å². The monoisotopic (exact) mass is 212 g/mol. The van der Waals surface area contributed by atoms with Crippen LogP contribution in [0.4, 0.5) is 5.82 Å². The molecule has 0 saturated heterocycles. The number of benzene rings is 1. The lowest BCUT2D eigenvalue weighted by Gasteiger charge is -2.08. The number of aryl methyl sites for hydroxylation is 1. The molecule has 0 fully saturated rings. The van der Waals surface area contributed by atoms with E-state index >= 15 is 0 Å². The first-order valence-electron chi connectivity index (χ1n) is 5.57. The molecule has 0 aliphatic heterocycles. The minimum Gasteiger partial charge on any atom is -0.373 e. The number of pyridine rings is 1. The van der Waals surface area contributed by atoms with Crippen molar-refractivity contribution >= 4 is 5.82 Å². The normalized spacial score (nSPS) is 10.1. The Morgan fingerprint density at radius 1 is 1.19 bits per heavy atom. The first-order valence-corrected chi connectivity index (χ1v) is 5.57. The van der Waals surface area contributed by atoms with Gasteiger partial charge in [-0.25, -0.2) is 4.98 Å². The van der Waals surface area contributed by atoms with Gasteiger partial charge in [0.2, 0.25) is 0 Å². The molecular weight excluding hydrogens is 196 g/mol. The van der Waals surface area contributed by atoms with Crippen molar-refractivity contribution in [3.8, 4) is 11.1 Å². The van der Waals surface area contributed by atoms with Gasteiger partial charge in [-0.05, 0) is 35.2 Å². The molecule has 1 N–H and O–H groups in total. The van der Waals surface area contributed by atoms with Crippen LogP contribution >= 0.6 is 0 Å². The molecule has 2 nitrogen and oxygen atoms in total. The van der Waals surface area contributed by atoms with Gasteiger partial charge in [-0.1, -0.05) is 31.2 Å². The molecule has 16 heavy (non-hydrogen) atoms. The molecule has 0 radical (unpaired) electrons. The largest absolute Gasteiger partial charge is 0.373 e. The fourth-order valence-electron chi connectivity index (χ4n) is 1.85. The minimum absolute atomic E-state index is 0.906. The predicted molar refractivity (Wildman–Crippen MR) is 68.6 cm³/mol. The van der Waals surface area contributed by atoms with E-state index in [4.69, 9.17) is 0 Å². The number of hydrogen-bond donors (Lipinski definition) is 1. The smallest absolute Gasteiger partial charge is 0.126 e. The Bertz CT molecular complexity index is 478. The number of aromatic nitrogens is 1. The summed E-state index contributed by atoms with van der Waals surface area (Å²) in [7, 11) is 1.89. The maximum Gasteiger partial charge on any atom is 0.126 e. The van der Waals surface area contributed by atoms with Crippen LogP contribution in [0.15, 0.2) is 42.6 Å². The molecule has 0 bridgehead atoms. The molecule has 0 spiro atoms. The van der Waals surface area contributed by atoms with Crippen LogP contribution in [0.5, 0.6) is 0 Å². The Morgan fingerprint density at radius 3 is 2.75 bits per heavy atom. The summed E-state index contributed by atoms with van der Waals surface area (Å²) in [5.74, 6) is 0.906. The van der Waals surface area contributed by atoms with Gasteiger partial charge in [-0.15, -0.1) is 0 Å². The van der Waals surface area contributed by atoms with Crippen LogP contribution in [0.3, 0.4) is 0 Å². The Hall–Kier alpha value is -1.83. The van der Waals surface area contributed by atoms with Crippen LogP contribution in [0.25, 0.3) is 11.1 Å². The number of nitrogens with one attached hydrogen (secondary N) is 1. The van der Waals surface area contributed by atoms with E-state index in [0.29, 0.717) is 0 Å². The van der Waals surface area contributed by atoms with Gasteiger partial charge in [-0.2, -0.15) is 0 Å². The second-order valence-electron chi connectivity index (χ2n) is 3.69. The van der Waals surface area contributed by atoms with Crippen molar-refractivity contribution in [3.05, 3.63) is 48.2 Å². The first kappa shape index (κ1) is 10.7. The Balaban J connectivity index is 2.49. The maximum absolute atomic E-state index is 4.23. The van der Waals surface area contributed by atoms with Crippen LogP contribution < -0.4 is 5.32 Å². The molecule has 1 aromatic carbocycles. The second-order valence-corrected chi connectivity index (χ2v) is 3.69. The highest BCUT2D eigenvalue weighted by Crippen LogP contribution is 2.25. The molecular formula is C14H16N2. The van der Waals surface area contributed by atoms with Crippen LogP contribution in [0, 0.1) is 0 Å². The first-order chi connectivity index (χ1) is 7.85. The summed E-state index contributed by atoms with van der Waals surface area (Å²) in [6.45, 7) is 2.18. The summed E-state index contributed by atoms with van der Waals surface area (Å²) in [6.07, 6.45) is 2.89. The highest BCUT2D eigenvalue weighted by atomic mass is 14.9. The molecule has 0 amide bonds. The number of anilines is 1. The summed E-state index contributed by atoms with van der Waals surface area (Å²) in [5.41, 5.74) is 3.89. The van der Waals surface area contributed by atoms with Crippen molar-refractivity contribution < 1.29 is 0 Å². The lowest BCUT2D eigenvalue weighted by atomic mass is 9.99. The third kappa shape index (κ3) is 2.06. The van der Waals surface area contributed by atoms with E-state index in [-0.39, 0.29) is 0 Å². The second kappa shape index (κ2) is 4.79. The van der Waals surface area contributed by atoms with Crippen LogP contribution in [0.1, 0.15) is 12.5 Å². The third-order valence-electron chi connectivity index (χ3n) is 2.73. The van der Waals surface area contributed by atoms with Crippen molar-refractivity contribution in [2.75, 3.05) is 12.4 Å². The number of hydrogen-bond acceptors (Lipinski definition) is 2. The zero-order valence-corrected chi connectivity index (χ0v) is 9.70. The molecule has 2 rings (SSSR count). The quantitative estimate of drug-likeness (QED) is 0.844. The topological polar surface area (TPSA) is 24.9 Å². The summed E-state index contributed by atoms with van der Waals surface area (Å²) in [5, 5.41) is 3.06. The van der Waals surface area contributed by atoms with Gasteiger partial charge in [-0.3, -0.25) is 0 Å². The highest BCUT2D eigenvalue weighted by Gasteiger charge is 2.03. The molecule has 0 aliphatic carbocycles. The zero-order valence-electron chi connectivity index (χ0n) is 9.70. The van der Waals surface area contributed by atoms with E-state index in [1.807, 2.05) is 13.2 Å². The van der Waals surface area contributed by atoms with Crippen molar-refractivity contribution in [3.63, 3.8) is 0 Å². The minimum atomic E-state index is 0.906. The fourth-order valence-corrected chi connectivity index (χ4v) is 1.85. The van der Waals surface area contributed by atoms with E-state index in [1.165, 1.54) is 16.7 Å². The molecule has 1 aromatic heterocycles. The summed E-state index contributed by atoms with van der Waals surface area (Å²) >= 11 is 0. The summed E-state index contributed by atoms with van der Waals surface area (Å²) < 4.78 is 0. The molecule has 2 heteroatoms. The zero-order chi connectivity index (χ0) is 11.4.